The Bertz CT molecular complexity index is 1550. The van der Waals surface area contributed by atoms with Gasteiger partial charge in [-0.05, 0) is 60.4 Å². The van der Waals surface area contributed by atoms with Crippen molar-refractivity contribution >= 4 is 43.9 Å². The first-order valence-electron chi connectivity index (χ1n) is 11.4. The van der Waals surface area contributed by atoms with E-state index in [0.29, 0.717) is 17.2 Å². The standard InChI is InChI=1S/C27H23N3O4S2/c28-25(31)22-17-24(19-8-2-1-3-9-19)35-27(22)29-26(32)20-12-14-21(15-13-20)36(33,34)30-16-6-10-18-7-4-5-11-23(18)30/h1-5,7-9,11-15,17H,6,10,16H2,(H2,28,31)(H,29,32). The van der Waals surface area contributed by atoms with Crippen molar-refractivity contribution in [2.24, 2.45) is 5.73 Å². The van der Waals surface area contributed by atoms with Crippen LogP contribution in [-0.4, -0.2) is 26.8 Å². The average molecular weight is 518 g/mol. The number of thiophene rings is 1. The SMILES string of the molecule is NC(=O)c1cc(-c2ccccc2)sc1NC(=O)c1ccc(S(=O)(=O)N2CCCc3ccccc32)cc1. The molecule has 5 rings (SSSR count). The molecule has 0 atom stereocenters. The van der Waals surface area contributed by atoms with Crippen LogP contribution in [0, 0.1) is 0 Å². The normalized spacial score (nSPS) is 13.2. The van der Waals surface area contributed by atoms with Crippen LogP contribution in [0.25, 0.3) is 10.4 Å². The molecule has 2 heterocycles. The Labute approximate surface area is 213 Å². The van der Waals surface area contributed by atoms with Crippen molar-refractivity contribution < 1.29 is 18.0 Å². The van der Waals surface area contributed by atoms with E-state index >= 15 is 0 Å². The number of hydrogen-bond donors (Lipinski definition) is 2. The number of primary amides is 1. The van der Waals surface area contributed by atoms with Crippen molar-refractivity contribution in [2.45, 2.75) is 17.7 Å². The third-order valence-electron chi connectivity index (χ3n) is 6.06. The molecule has 0 fully saturated rings. The molecule has 0 unspecified atom stereocenters. The molecule has 1 aliphatic heterocycles. The molecule has 0 aliphatic carbocycles. The number of nitrogens with two attached hydrogens (primary N) is 1. The summed E-state index contributed by atoms with van der Waals surface area (Å²) < 4.78 is 28.1. The van der Waals surface area contributed by atoms with E-state index in [4.69, 9.17) is 5.73 Å². The van der Waals surface area contributed by atoms with Gasteiger partial charge in [-0.2, -0.15) is 0 Å². The Morgan fingerprint density at radius 3 is 2.33 bits per heavy atom. The fraction of sp³-hybridized carbons (Fsp3) is 0.111. The number of amides is 2. The van der Waals surface area contributed by atoms with Gasteiger partial charge in [0.1, 0.15) is 5.00 Å². The van der Waals surface area contributed by atoms with Gasteiger partial charge in [0.2, 0.25) is 0 Å². The first-order valence-corrected chi connectivity index (χ1v) is 13.6. The van der Waals surface area contributed by atoms with Crippen LogP contribution in [0.4, 0.5) is 10.7 Å². The maximum atomic E-state index is 13.4. The fourth-order valence-corrected chi connectivity index (χ4v) is 6.85. The number of para-hydroxylation sites is 1. The summed E-state index contributed by atoms with van der Waals surface area (Å²) >= 11 is 1.25. The summed E-state index contributed by atoms with van der Waals surface area (Å²) in [7, 11) is -3.78. The third kappa shape index (κ3) is 4.50. The van der Waals surface area contributed by atoms with Crippen molar-refractivity contribution in [3.8, 4) is 10.4 Å². The number of fused-ring (bicyclic) bond motifs is 1. The highest BCUT2D eigenvalue weighted by atomic mass is 32.2. The molecule has 0 spiro atoms. The van der Waals surface area contributed by atoms with E-state index in [-0.39, 0.29) is 16.0 Å². The van der Waals surface area contributed by atoms with Crippen LogP contribution in [0.5, 0.6) is 0 Å². The Balaban J connectivity index is 1.38. The van der Waals surface area contributed by atoms with Crippen LogP contribution in [0.3, 0.4) is 0 Å². The lowest BCUT2D eigenvalue weighted by molar-refractivity contribution is 0.100. The Hall–Kier alpha value is -3.95. The number of nitrogens with zero attached hydrogens (tertiary/aromatic N) is 1. The van der Waals surface area contributed by atoms with Gasteiger partial charge in [-0.3, -0.25) is 13.9 Å². The molecule has 0 saturated heterocycles. The van der Waals surface area contributed by atoms with E-state index in [1.165, 1.54) is 39.9 Å². The smallest absolute Gasteiger partial charge is 0.264 e. The maximum Gasteiger partial charge on any atom is 0.264 e. The van der Waals surface area contributed by atoms with Crippen molar-refractivity contribution in [3.05, 3.63) is 102 Å². The predicted octanol–water partition coefficient (Wildman–Crippen LogP) is 4.91. The molecule has 0 radical (unpaired) electrons. The van der Waals surface area contributed by atoms with Crippen molar-refractivity contribution in [3.63, 3.8) is 0 Å². The Morgan fingerprint density at radius 1 is 0.917 bits per heavy atom. The second kappa shape index (κ2) is 9.60. The van der Waals surface area contributed by atoms with Crippen LogP contribution in [0.1, 0.15) is 32.7 Å². The molecule has 3 N–H and O–H groups in total. The summed E-state index contributed by atoms with van der Waals surface area (Å²) in [5, 5.41) is 3.09. The quantitative estimate of drug-likeness (QED) is 0.379. The topological polar surface area (TPSA) is 110 Å². The van der Waals surface area contributed by atoms with Crippen molar-refractivity contribution in [1.29, 1.82) is 0 Å². The highest BCUT2D eigenvalue weighted by molar-refractivity contribution is 7.92. The molecule has 4 aromatic rings. The average Bonchev–Trinajstić information content (AvgIpc) is 3.33. The van der Waals surface area contributed by atoms with Crippen LogP contribution in [0.2, 0.25) is 0 Å². The molecule has 0 bridgehead atoms. The van der Waals surface area contributed by atoms with Crippen LogP contribution in [0.15, 0.2) is 89.8 Å². The Morgan fingerprint density at radius 2 is 1.61 bits per heavy atom. The number of carbonyl (C=O) groups excluding carboxylic acids is 2. The van der Waals surface area contributed by atoms with Crippen LogP contribution < -0.4 is 15.4 Å². The van der Waals surface area contributed by atoms with Gasteiger partial charge in [-0.15, -0.1) is 11.3 Å². The fourth-order valence-electron chi connectivity index (χ4n) is 4.24. The number of benzene rings is 3. The number of sulfonamides is 1. The minimum atomic E-state index is -3.78. The number of aryl methyl sites for hydroxylation is 1. The van der Waals surface area contributed by atoms with Gasteiger partial charge in [0.15, 0.2) is 0 Å². The monoisotopic (exact) mass is 517 g/mol. The van der Waals surface area contributed by atoms with Crippen LogP contribution in [-0.2, 0) is 16.4 Å². The first kappa shape index (κ1) is 23.8. The number of rotatable bonds is 6. The lowest BCUT2D eigenvalue weighted by atomic mass is 10.0. The molecule has 36 heavy (non-hydrogen) atoms. The minimum absolute atomic E-state index is 0.107. The highest BCUT2D eigenvalue weighted by Gasteiger charge is 2.29. The van der Waals surface area contributed by atoms with E-state index in [2.05, 4.69) is 5.32 Å². The second-order valence-electron chi connectivity index (χ2n) is 8.37. The van der Waals surface area contributed by atoms with Crippen LogP contribution >= 0.6 is 11.3 Å². The highest BCUT2D eigenvalue weighted by Crippen LogP contribution is 2.36. The summed E-state index contributed by atoms with van der Waals surface area (Å²) in [6, 6.07) is 24.4. The molecule has 3 aromatic carbocycles. The number of hydrogen-bond acceptors (Lipinski definition) is 5. The lowest BCUT2D eigenvalue weighted by Gasteiger charge is -2.30. The summed E-state index contributed by atoms with van der Waals surface area (Å²) in [4.78, 5) is 25.8. The molecule has 9 heteroatoms. The molecule has 2 amide bonds. The number of anilines is 2. The maximum absolute atomic E-state index is 13.4. The van der Waals surface area contributed by atoms with Gasteiger partial charge in [0.25, 0.3) is 21.8 Å². The van der Waals surface area contributed by atoms with Gasteiger partial charge < -0.3 is 11.1 Å². The number of nitrogens with one attached hydrogen (secondary N) is 1. The van der Waals surface area contributed by atoms with Gasteiger partial charge in [-0.1, -0.05) is 48.5 Å². The van der Waals surface area contributed by atoms with E-state index in [1.54, 1.807) is 6.07 Å². The molecular formula is C27H23N3O4S2. The lowest BCUT2D eigenvalue weighted by Crippen LogP contribution is -2.35. The molecule has 0 saturated carbocycles. The van der Waals surface area contributed by atoms with Gasteiger partial charge in [0.05, 0.1) is 16.1 Å². The molecule has 7 nitrogen and oxygen atoms in total. The summed E-state index contributed by atoms with van der Waals surface area (Å²) in [5.41, 5.74) is 8.61. The summed E-state index contributed by atoms with van der Waals surface area (Å²) in [6.45, 7) is 0.402. The minimum Gasteiger partial charge on any atom is -0.366 e. The number of carbonyl (C=O) groups is 2. The summed E-state index contributed by atoms with van der Waals surface area (Å²) in [5.74, 6) is -1.11. The van der Waals surface area contributed by atoms with Crippen molar-refractivity contribution in [1.82, 2.24) is 0 Å². The molecule has 1 aliphatic rings. The second-order valence-corrected chi connectivity index (χ2v) is 11.3. The zero-order valence-corrected chi connectivity index (χ0v) is 20.8. The van der Waals surface area contributed by atoms with E-state index in [9.17, 15) is 18.0 Å². The largest absolute Gasteiger partial charge is 0.366 e. The van der Waals surface area contributed by atoms with E-state index in [0.717, 1.165) is 28.8 Å². The molecule has 1 aromatic heterocycles. The zero-order chi connectivity index (χ0) is 25.3. The summed E-state index contributed by atoms with van der Waals surface area (Å²) in [6.07, 6.45) is 1.58. The third-order valence-corrected chi connectivity index (χ3v) is 8.98. The molecular weight excluding hydrogens is 494 g/mol. The predicted molar refractivity (Wildman–Crippen MR) is 142 cm³/mol. The van der Waals surface area contributed by atoms with E-state index in [1.807, 2.05) is 54.6 Å². The molecule has 182 valence electrons. The first-order chi connectivity index (χ1) is 17.3. The van der Waals surface area contributed by atoms with E-state index < -0.39 is 21.8 Å². The zero-order valence-electron chi connectivity index (χ0n) is 19.2. The Kier molecular flexibility index (Phi) is 6.34. The van der Waals surface area contributed by atoms with Gasteiger partial charge >= 0.3 is 0 Å². The van der Waals surface area contributed by atoms with Gasteiger partial charge in [-0.25, -0.2) is 8.42 Å². The van der Waals surface area contributed by atoms with Gasteiger partial charge in [0, 0.05) is 17.0 Å². The van der Waals surface area contributed by atoms with Crippen molar-refractivity contribution in [2.75, 3.05) is 16.2 Å².